The van der Waals surface area contributed by atoms with Crippen molar-refractivity contribution >= 4 is 21.9 Å². The van der Waals surface area contributed by atoms with E-state index in [2.05, 4.69) is 15.9 Å². The number of aliphatic carboxylic acids is 1. The van der Waals surface area contributed by atoms with Crippen molar-refractivity contribution in [3.63, 3.8) is 0 Å². The lowest BCUT2D eigenvalue weighted by atomic mass is 9.96. The van der Waals surface area contributed by atoms with E-state index in [1.165, 1.54) is 0 Å². The van der Waals surface area contributed by atoms with Gasteiger partial charge in [-0.25, -0.2) is 0 Å². The predicted molar refractivity (Wildman–Crippen MR) is 72.5 cm³/mol. The Bertz CT molecular complexity index is 457. The van der Waals surface area contributed by atoms with E-state index in [-0.39, 0.29) is 0 Å². The van der Waals surface area contributed by atoms with Gasteiger partial charge in [-0.3, -0.25) is 4.79 Å². The van der Waals surface area contributed by atoms with Crippen LogP contribution in [-0.2, 0) is 11.2 Å². The van der Waals surface area contributed by atoms with Crippen LogP contribution in [-0.4, -0.2) is 25.3 Å². The molecule has 18 heavy (non-hydrogen) atoms. The van der Waals surface area contributed by atoms with Gasteiger partial charge in [-0.2, -0.15) is 0 Å². The summed E-state index contributed by atoms with van der Waals surface area (Å²) in [5.74, 6) is -0.0964. The molecule has 1 aromatic rings. The zero-order valence-corrected chi connectivity index (χ0v) is 12.5. The summed E-state index contributed by atoms with van der Waals surface area (Å²) in [6, 6.07) is 1.82. The molecule has 0 saturated carbocycles. The number of rotatable bonds is 5. The monoisotopic (exact) mass is 316 g/mol. The highest BCUT2D eigenvalue weighted by Crippen LogP contribution is 2.39. The Morgan fingerprint density at radius 2 is 2.06 bits per heavy atom. The highest BCUT2D eigenvalue weighted by molar-refractivity contribution is 9.10. The van der Waals surface area contributed by atoms with Crippen LogP contribution >= 0.6 is 15.9 Å². The minimum absolute atomic E-state index is 0.403. The fourth-order valence-corrected chi connectivity index (χ4v) is 2.21. The molecule has 0 saturated heterocycles. The second kappa shape index (κ2) is 6.09. The first-order valence-corrected chi connectivity index (χ1v) is 6.34. The highest BCUT2D eigenvalue weighted by atomic mass is 79.9. The highest BCUT2D eigenvalue weighted by Gasteiger charge is 2.20. The van der Waals surface area contributed by atoms with E-state index in [1.54, 1.807) is 21.1 Å². The first-order valence-electron chi connectivity index (χ1n) is 5.55. The van der Waals surface area contributed by atoms with Crippen LogP contribution in [0.4, 0.5) is 0 Å². The number of carboxylic acids is 1. The van der Waals surface area contributed by atoms with Gasteiger partial charge in [0.2, 0.25) is 0 Å². The van der Waals surface area contributed by atoms with Gasteiger partial charge in [0.1, 0.15) is 0 Å². The molecule has 0 spiro atoms. The molecule has 0 aliphatic rings. The number of hydrogen-bond acceptors (Lipinski definition) is 3. The molecule has 0 aliphatic heterocycles. The third-order valence-corrected chi connectivity index (χ3v) is 3.75. The summed E-state index contributed by atoms with van der Waals surface area (Å²) in [7, 11) is 3.12. The second-order valence-corrected chi connectivity index (χ2v) is 5.00. The van der Waals surface area contributed by atoms with E-state index in [4.69, 9.17) is 14.6 Å². The van der Waals surface area contributed by atoms with Crippen LogP contribution in [0.1, 0.15) is 18.1 Å². The maximum absolute atomic E-state index is 11.0. The average molecular weight is 317 g/mol. The number of methoxy groups -OCH3 is 2. The summed E-state index contributed by atoms with van der Waals surface area (Å²) in [5.41, 5.74) is 1.83. The van der Waals surface area contributed by atoms with Gasteiger partial charge < -0.3 is 14.6 Å². The van der Waals surface area contributed by atoms with E-state index in [0.717, 1.165) is 15.6 Å². The second-order valence-electron chi connectivity index (χ2n) is 4.14. The Balaban J connectivity index is 3.30. The number of hydrogen-bond donors (Lipinski definition) is 1. The largest absolute Gasteiger partial charge is 0.493 e. The molecule has 1 N–H and O–H groups in total. The number of benzene rings is 1. The molecular formula is C13H17BrO4. The number of carboxylic acid groups (broad SMARTS) is 1. The van der Waals surface area contributed by atoms with Crippen LogP contribution in [0.3, 0.4) is 0 Å². The standard InChI is InChI=1S/C13H17BrO4/c1-7(13(15)16)5-9-8(2)10(14)6-11(17-3)12(9)18-4/h6-7H,5H2,1-4H3,(H,15,16). The van der Waals surface area contributed by atoms with Crippen molar-refractivity contribution in [1.29, 1.82) is 0 Å². The minimum Gasteiger partial charge on any atom is -0.493 e. The minimum atomic E-state index is -0.824. The lowest BCUT2D eigenvalue weighted by Crippen LogP contribution is -2.14. The maximum Gasteiger partial charge on any atom is 0.306 e. The first kappa shape index (κ1) is 14.8. The van der Waals surface area contributed by atoms with Crippen molar-refractivity contribution in [1.82, 2.24) is 0 Å². The summed E-state index contributed by atoms with van der Waals surface area (Å²) in [5, 5.41) is 9.01. The molecule has 100 valence electrons. The van der Waals surface area contributed by atoms with E-state index in [1.807, 2.05) is 13.0 Å². The molecule has 5 heteroatoms. The molecule has 0 bridgehead atoms. The van der Waals surface area contributed by atoms with Crippen LogP contribution in [0.25, 0.3) is 0 Å². The van der Waals surface area contributed by atoms with Crippen LogP contribution in [0.15, 0.2) is 10.5 Å². The molecule has 0 radical (unpaired) electrons. The average Bonchev–Trinajstić information content (AvgIpc) is 2.34. The van der Waals surface area contributed by atoms with Crippen LogP contribution in [0, 0.1) is 12.8 Å². The van der Waals surface area contributed by atoms with Crippen LogP contribution in [0.2, 0.25) is 0 Å². The molecule has 1 rings (SSSR count). The molecule has 1 atom stereocenters. The van der Waals surface area contributed by atoms with Gasteiger partial charge in [0.05, 0.1) is 20.1 Å². The first-order chi connectivity index (χ1) is 8.42. The van der Waals surface area contributed by atoms with Gasteiger partial charge in [-0.05, 0) is 25.0 Å². The molecule has 1 unspecified atom stereocenters. The summed E-state index contributed by atoms with van der Waals surface area (Å²) in [4.78, 5) is 11.0. The van der Waals surface area contributed by atoms with Crippen molar-refractivity contribution in [2.75, 3.05) is 14.2 Å². The summed E-state index contributed by atoms with van der Waals surface area (Å²) in [6.45, 7) is 3.60. The number of halogens is 1. The zero-order chi connectivity index (χ0) is 13.9. The van der Waals surface area contributed by atoms with Gasteiger partial charge in [0.15, 0.2) is 11.5 Å². The molecule has 0 aromatic heterocycles. The van der Waals surface area contributed by atoms with E-state index < -0.39 is 11.9 Å². The fourth-order valence-electron chi connectivity index (χ4n) is 1.77. The number of carbonyl (C=O) groups is 1. The molecule has 0 fully saturated rings. The normalized spacial score (nSPS) is 12.1. The van der Waals surface area contributed by atoms with Crippen molar-refractivity contribution < 1.29 is 19.4 Å². The van der Waals surface area contributed by atoms with Crippen molar-refractivity contribution in [3.8, 4) is 11.5 Å². The summed E-state index contributed by atoms with van der Waals surface area (Å²) >= 11 is 3.45. The Hall–Kier alpha value is -1.23. The van der Waals surface area contributed by atoms with Gasteiger partial charge in [-0.15, -0.1) is 0 Å². The van der Waals surface area contributed by atoms with Gasteiger partial charge in [-0.1, -0.05) is 22.9 Å². The fraction of sp³-hybridized carbons (Fsp3) is 0.462. The molecule has 0 aliphatic carbocycles. The van der Waals surface area contributed by atoms with Gasteiger partial charge in [0.25, 0.3) is 0 Å². The predicted octanol–water partition coefficient (Wildman–Crippen LogP) is 3.04. The Labute approximate surface area is 115 Å². The Morgan fingerprint density at radius 3 is 2.50 bits per heavy atom. The smallest absolute Gasteiger partial charge is 0.306 e. The van der Waals surface area contributed by atoms with Crippen LogP contribution < -0.4 is 9.47 Å². The van der Waals surface area contributed by atoms with E-state index in [9.17, 15) is 4.79 Å². The van der Waals surface area contributed by atoms with Gasteiger partial charge in [0, 0.05) is 10.0 Å². The third-order valence-electron chi connectivity index (χ3n) is 2.92. The maximum atomic E-state index is 11.0. The quantitative estimate of drug-likeness (QED) is 0.907. The topological polar surface area (TPSA) is 55.8 Å². The Morgan fingerprint density at radius 1 is 1.44 bits per heavy atom. The molecular weight excluding hydrogens is 300 g/mol. The lowest BCUT2D eigenvalue weighted by molar-refractivity contribution is -0.141. The van der Waals surface area contributed by atoms with Crippen molar-refractivity contribution in [3.05, 3.63) is 21.7 Å². The summed E-state index contributed by atoms with van der Waals surface area (Å²) in [6.07, 6.45) is 0.403. The van der Waals surface area contributed by atoms with Gasteiger partial charge >= 0.3 is 5.97 Å². The lowest BCUT2D eigenvalue weighted by Gasteiger charge is -2.18. The zero-order valence-electron chi connectivity index (χ0n) is 10.9. The molecule has 4 nitrogen and oxygen atoms in total. The van der Waals surface area contributed by atoms with Crippen LogP contribution in [0.5, 0.6) is 11.5 Å². The number of ether oxygens (including phenoxy) is 2. The Kier molecular flexibility index (Phi) is 5.02. The third kappa shape index (κ3) is 2.96. The van der Waals surface area contributed by atoms with E-state index >= 15 is 0 Å². The SMILES string of the molecule is COc1cc(Br)c(C)c(CC(C)C(=O)O)c1OC. The summed E-state index contributed by atoms with van der Waals surface area (Å²) < 4.78 is 11.5. The molecule has 0 heterocycles. The molecule has 1 aromatic carbocycles. The van der Waals surface area contributed by atoms with Crippen molar-refractivity contribution in [2.24, 2.45) is 5.92 Å². The van der Waals surface area contributed by atoms with E-state index in [0.29, 0.717) is 17.9 Å². The van der Waals surface area contributed by atoms with Crippen molar-refractivity contribution in [2.45, 2.75) is 20.3 Å². The molecule has 0 amide bonds.